The number of ether oxygens (including phenoxy) is 3. The van der Waals surface area contributed by atoms with Crippen molar-refractivity contribution in [3.63, 3.8) is 0 Å². The minimum atomic E-state index is -1.66. The zero-order valence-corrected chi connectivity index (χ0v) is 11.0. The topological polar surface area (TPSA) is 169 Å². The van der Waals surface area contributed by atoms with Crippen molar-refractivity contribution in [3.8, 4) is 0 Å². The molecule has 0 spiro atoms. The van der Waals surface area contributed by atoms with Crippen LogP contribution in [0.4, 0.5) is 0 Å². The second-order valence-electron chi connectivity index (χ2n) is 5.08. The van der Waals surface area contributed by atoms with Crippen LogP contribution in [0.25, 0.3) is 0 Å². The van der Waals surface area contributed by atoms with Gasteiger partial charge in [-0.05, 0) is 0 Å². The Hall–Kier alpha value is -0.400. The van der Waals surface area contributed by atoms with Crippen LogP contribution in [0.3, 0.4) is 0 Å². The van der Waals surface area contributed by atoms with Crippen molar-refractivity contribution < 1.29 is 50.0 Å². The van der Waals surface area contributed by atoms with Crippen LogP contribution < -0.4 is 0 Å². The van der Waals surface area contributed by atoms with Gasteiger partial charge in [0.05, 0.1) is 13.2 Å². The average molecular weight is 312 g/mol. The molecule has 10 nitrogen and oxygen atoms in total. The van der Waals surface area contributed by atoms with Crippen molar-refractivity contribution in [1.82, 2.24) is 0 Å². The third kappa shape index (κ3) is 3.35. The van der Waals surface area contributed by atoms with E-state index >= 15 is 0 Å². The van der Waals surface area contributed by atoms with Crippen LogP contribution in [0.5, 0.6) is 0 Å². The summed E-state index contributed by atoms with van der Waals surface area (Å²) in [5.74, 6) is 0. The van der Waals surface area contributed by atoms with Crippen molar-refractivity contribution >= 4 is 0 Å². The minimum Gasteiger partial charge on any atom is -0.394 e. The fourth-order valence-electron chi connectivity index (χ4n) is 2.29. The second-order valence-corrected chi connectivity index (χ2v) is 5.08. The molecule has 2 heterocycles. The Morgan fingerprint density at radius 1 is 0.905 bits per heavy atom. The van der Waals surface area contributed by atoms with E-state index in [4.69, 9.17) is 14.6 Å². The number of hydrogen-bond donors (Lipinski definition) is 7. The number of aliphatic hydroxyl groups is 7. The Morgan fingerprint density at radius 3 is 2.19 bits per heavy atom. The van der Waals surface area contributed by atoms with Crippen molar-refractivity contribution in [3.05, 3.63) is 0 Å². The zero-order valence-electron chi connectivity index (χ0n) is 11.0. The first kappa shape index (κ1) is 17.0. The Morgan fingerprint density at radius 2 is 1.57 bits per heavy atom. The number of rotatable bonds is 3. The highest BCUT2D eigenvalue weighted by atomic mass is 16.7. The van der Waals surface area contributed by atoms with Gasteiger partial charge < -0.3 is 50.0 Å². The number of hydrogen-bond acceptors (Lipinski definition) is 10. The molecule has 0 aromatic heterocycles. The Kier molecular flexibility index (Phi) is 5.48. The van der Waals surface area contributed by atoms with Crippen molar-refractivity contribution in [2.75, 3.05) is 13.2 Å². The van der Waals surface area contributed by atoms with E-state index < -0.39 is 61.9 Å². The molecule has 9 atom stereocenters. The molecule has 0 saturated carbocycles. The van der Waals surface area contributed by atoms with Gasteiger partial charge in [0, 0.05) is 0 Å². The smallest absolute Gasteiger partial charge is 0.187 e. The van der Waals surface area contributed by atoms with Crippen molar-refractivity contribution in [2.45, 2.75) is 55.3 Å². The van der Waals surface area contributed by atoms with E-state index in [0.717, 1.165) is 0 Å². The standard InChI is InChI=1S/C11H20O10/c12-1-4-5(14)6(15)7(16)11(20-4)21-9-3(13)2-19-10(18)8(9)17/h3-18H,1-2H2/t3-,4+,5-,6-,7+,8-,9+,10-,11-/m0/s1. The lowest BCUT2D eigenvalue weighted by atomic mass is 9.98. The van der Waals surface area contributed by atoms with Gasteiger partial charge in [-0.2, -0.15) is 0 Å². The van der Waals surface area contributed by atoms with E-state index in [-0.39, 0.29) is 6.61 Å². The molecule has 2 saturated heterocycles. The summed E-state index contributed by atoms with van der Waals surface area (Å²) in [4.78, 5) is 0. The van der Waals surface area contributed by atoms with E-state index in [0.29, 0.717) is 0 Å². The molecule has 10 heteroatoms. The minimum absolute atomic E-state index is 0.305. The van der Waals surface area contributed by atoms with Gasteiger partial charge in [0.25, 0.3) is 0 Å². The first-order chi connectivity index (χ1) is 9.86. The molecule has 0 unspecified atom stereocenters. The maximum Gasteiger partial charge on any atom is 0.187 e. The van der Waals surface area contributed by atoms with Gasteiger partial charge in [-0.15, -0.1) is 0 Å². The van der Waals surface area contributed by atoms with Crippen LogP contribution >= 0.6 is 0 Å². The molecule has 2 fully saturated rings. The molecule has 0 bridgehead atoms. The number of aliphatic hydroxyl groups excluding tert-OH is 7. The molecule has 2 aliphatic heterocycles. The highest BCUT2D eigenvalue weighted by molar-refractivity contribution is 4.91. The van der Waals surface area contributed by atoms with E-state index in [2.05, 4.69) is 4.74 Å². The van der Waals surface area contributed by atoms with Crippen molar-refractivity contribution in [2.24, 2.45) is 0 Å². The Labute approximate surface area is 119 Å². The summed E-state index contributed by atoms with van der Waals surface area (Å²) < 4.78 is 15.0. The largest absolute Gasteiger partial charge is 0.394 e. The maximum absolute atomic E-state index is 9.79. The maximum atomic E-state index is 9.79. The summed E-state index contributed by atoms with van der Waals surface area (Å²) >= 11 is 0. The summed E-state index contributed by atoms with van der Waals surface area (Å²) in [6, 6.07) is 0. The first-order valence-corrected chi connectivity index (χ1v) is 6.48. The fraction of sp³-hybridized carbons (Fsp3) is 1.00. The van der Waals surface area contributed by atoms with Crippen LogP contribution in [-0.4, -0.2) is 104 Å². The molecule has 0 amide bonds. The predicted octanol–water partition coefficient (Wildman–Crippen LogP) is -4.76. The highest BCUT2D eigenvalue weighted by Gasteiger charge is 2.48. The van der Waals surface area contributed by atoms with Gasteiger partial charge in [0.2, 0.25) is 0 Å². The molecular formula is C11H20O10. The fourth-order valence-corrected chi connectivity index (χ4v) is 2.29. The summed E-state index contributed by atoms with van der Waals surface area (Å²) in [5, 5.41) is 66.8. The third-order valence-corrected chi connectivity index (χ3v) is 3.59. The van der Waals surface area contributed by atoms with E-state index in [1.807, 2.05) is 0 Å². The molecule has 7 N–H and O–H groups in total. The summed E-state index contributed by atoms with van der Waals surface area (Å²) in [7, 11) is 0. The summed E-state index contributed by atoms with van der Waals surface area (Å²) in [6.45, 7) is -0.938. The molecule has 0 aromatic rings. The molecule has 124 valence electrons. The molecule has 0 radical (unpaired) electrons. The van der Waals surface area contributed by atoms with Crippen LogP contribution in [0, 0.1) is 0 Å². The van der Waals surface area contributed by atoms with Crippen LogP contribution in [0.15, 0.2) is 0 Å². The van der Waals surface area contributed by atoms with Gasteiger partial charge in [-0.25, -0.2) is 0 Å². The molecule has 2 rings (SSSR count). The lowest BCUT2D eigenvalue weighted by molar-refractivity contribution is -0.345. The molecule has 2 aliphatic rings. The lowest BCUT2D eigenvalue weighted by Crippen LogP contribution is -2.62. The quantitative estimate of drug-likeness (QED) is 0.268. The van der Waals surface area contributed by atoms with E-state index in [1.165, 1.54) is 0 Å². The lowest BCUT2D eigenvalue weighted by Gasteiger charge is -2.43. The first-order valence-electron chi connectivity index (χ1n) is 6.48. The molecule has 0 aliphatic carbocycles. The van der Waals surface area contributed by atoms with Crippen molar-refractivity contribution in [1.29, 1.82) is 0 Å². The average Bonchev–Trinajstić information content (AvgIpc) is 2.47. The highest BCUT2D eigenvalue weighted by Crippen LogP contribution is 2.26. The molecular weight excluding hydrogens is 292 g/mol. The molecule has 0 aromatic carbocycles. The van der Waals surface area contributed by atoms with Crippen LogP contribution in [0.2, 0.25) is 0 Å². The van der Waals surface area contributed by atoms with Gasteiger partial charge in [-0.1, -0.05) is 0 Å². The monoisotopic (exact) mass is 312 g/mol. The summed E-state index contributed by atoms with van der Waals surface area (Å²) in [6.07, 6.45) is -13.3. The van der Waals surface area contributed by atoms with Gasteiger partial charge in [-0.3, -0.25) is 0 Å². The van der Waals surface area contributed by atoms with E-state index in [9.17, 15) is 30.6 Å². The van der Waals surface area contributed by atoms with Crippen LogP contribution in [0.1, 0.15) is 0 Å². The van der Waals surface area contributed by atoms with Crippen LogP contribution in [-0.2, 0) is 14.2 Å². The summed E-state index contributed by atoms with van der Waals surface area (Å²) in [5.41, 5.74) is 0. The van der Waals surface area contributed by atoms with Gasteiger partial charge >= 0.3 is 0 Å². The predicted molar refractivity (Wildman–Crippen MR) is 62.6 cm³/mol. The second kappa shape index (κ2) is 6.79. The van der Waals surface area contributed by atoms with Gasteiger partial charge in [0.1, 0.15) is 42.7 Å². The Balaban J connectivity index is 2.06. The SMILES string of the molecule is OC[C@H]1O[C@@H](O[C@H]2[C@H](O)[C@@H](O)OC[C@@H]2O)[C@H](O)[C@@H](O)[C@H]1O. The van der Waals surface area contributed by atoms with E-state index in [1.54, 1.807) is 0 Å². The third-order valence-electron chi connectivity index (χ3n) is 3.59. The molecule has 21 heavy (non-hydrogen) atoms. The normalized spacial score (nSPS) is 51.9. The Bertz CT molecular complexity index is 339. The zero-order chi connectivity index (χ0) is 15.7. The van der Waals surface area contributed by atoms with Gasteiger partial charge in [0.15, 0.2) is 12.6 Å².